The molecule has 1 aromatic rings. The van der Waals surface area contributed by atoms with Gasteiger partial charge in [0, 0.05) is 11.8 Å². The van der Waals surface area contributed by atoms with E-state index in [1.807, 2.05) is 0 Å². The van der Waals surface area contributed by atoms with Crippen molar-refractivity contribution in [1.29, 1.82) is 0 Å². The zero-order valence-corrected chi connectivity index (χ0v) is 6.99. The number of aromatic nitrogens is 2. The van der Waals surface area contributed by atoms with Gasteiger partial charge in [0.1, 0.15) is 0 Å². The number of hydrogen-bond acceptors (Lipinski definition) is 2. The quantitative estimate of drug-likeness (QED) is 0.698. The summed E-state index contributed by atoms with van der Waals surface area (Å²) in [5.41, 5.74) is 0.143. The molecule has 0 saturated heterocycles. The van der Waals surface area contributed by atoms with Crippen LogP contribution in [0, 0.1) is 0 Å². The third-order valence-corrected chi connectivity index (χ3v) is 2.13. The summed E-state index contributed by atoms with van der Waals surface area (Å²) in [5.74, 6) is -0.973. The first-order valence-corrected chi connectivity index (χ1v) is 4.19. The second kappa shape index (κ2) is 2.76. The van der Waals surface area contributed by atoms with Gasteiger partial charge in [-0.15, -0.1) is 0 Å². The third-order valence-electron chi connectivity index (χ3n) is 2.13. The standard InChI is InChI=1S/C8H10N2O3/c11-7(12)3-5-4-9-10(8(5)13)6-1-2-6/h4,6,9H,1-3H2,(H,11,12). The summed E-state index contributed by atoms with van der Waals surface area (Å²) in [6.07, 6.45) is 3.30. The molecule has 2 N–H and O–H groups in total. The van der Waals surface area contributed by atoms with Crippen molar-refractivity contribution in [3.63, 3.8) is 0 Å². The maximum absolute atomic E-state index is 11.5. The van der Waals surface area contributed by atoms with Gasteiger partial charge in [0.15, 0.2) is 0 Å². The molecule has 2 rings (SSSR count). The Bertz CT molecular complexity index is 386. The molecule has 1 aliphatic rings. The molecule has 0 aromatic carbocycles. The van der Waals surface area contributed by atoms with E-state index < -0.39 is 5.97 Å². The second-order valence-electron chi connectivity index (χ2n) is 3.28. The van der Waals surface area contributed by atoms with Crippen molar-refractivity contribution in [2.24, 2.45) is 0 Å². The van der Waals surface area contributed by atoms with Gasteiger partial charge in [-0.25, -0.2) is 4.68 Å². The fourth-order valence-corrected chi connectivity index (χ4v) is 1.32. The highest BCUT2D eigenvalue weighted by atomic mass is 16.4. The highest BCUT2D eigenvalue weighted by Gasteiger charge is 2.26. The number of aliphatic carboxylic acids is 1. The van der Waals surface area contributed by atoms with E-state index in [0.29, 0.717) is 5.56 Å². The molecule has 0 radical (unpaired) electrons. The lowest BCUT2D eigenvalue weighted by molar-refractivity contribution is -0.136. The van der Waals surface area contributed by atoms with Crippen molar-refractivity contribution < 1.29 is 9.90 Å². The first-order valence-electron chi connectivity index (χ1n) is 4.19. The summed E-state index contributed by atoms with van der Waals surface area (Å²) in [6, 6.07) is 0.273. The van der Waals surface area contributed by atoms with Gasteiger partial charge >= 0.3 is 5.97 Å². The fourth-order valence-electron chi connectivity index (χ4n) is 1.32. The summed E-state index contributed by atoms with van der Waals surface area (Å²) in [6.45, 7) is 0. The maximum Gasteiger partial charge on any atom is 0.308 e. The van der Waals surface area contributed by atoms with Crippen molar-refractivity contribution in [2.45, 2.75) is 25.3 Å². The number of carboxylic acids is 1. The van der Waals surface area contributed by atoms with Crippen LogP contribution in [0.5, 0.6) is 0 Å². The van der Waals surface area contributed by atoms with Crippen LogP contribution in [0.15, 0.2) is 11.0 Å². The minimum absolute atomic E-state index is 0.190. The molecule has 5 heteroatoms. The average Bonchev–Trinajstić information content (AvgIpc) is 2.81. The Hall–Kier alpha value is -1.52. The molecule has 1 heterocycles. The molecule has 0 aliphatic heterocycles. The molecule has 0 bridgehead atoms. The first kappa shape index (κ1) is 8.10. The predicted octanol–water partition coefficient (Wildman–Crippen LogP) is 0.138. The van der Waals surface area contributed by atoms with Gasteiger partial charge in [-0.2, -0.15) is 0 Å². The minimum Gasteiger partial charge on any atom is -0.481 e. The maximum atomic E-state index is 11.5. The lowest BCUT2D eigenvalue weighted by Crippen LogP contribution is -2.19. The zero-order chi connectivity index (χ0) is 9.42. The molecule has 1 fully saturated rings. The number of hydrogen-bond donors (Lipinski definition) is 2. The van der Waals surface area contributed by atoms with Crippen molar-refractivity contribution in [3.8, 4) is 0 Å². The highest BCUT2D eigenvalue weighted by Crippen LogP contribution is 2.32. The first-order chi connectivity index (χ1) is 6.18. The van der Waals surface area contributed by atoms with Crippen molar-refractivity contribution in [1.82, 2.24) is 9.78 Å². The van der Waals surface area contributed by atoms with Crippen molar-refractivity contribution >= 4 is 5.97 Å². The van der Waals surface area contributed by atoms with Crippen LogP contribution in [0.4, 0.5) is 0 Å². The van der Waals surface area contributed by atoms with E-state index in [4.69, 9.17) is 5.11 Å². The molecule has 0 spiro atoms. The highest BCUT2D eigenvalue weighted by molar-refractivity contribution is 5.69. The van der Waals surface area contributed by atoms with Gasteiger partial charge in [0.05, 0.1) is 12.5 Å². The van der Waals surface area contributed by atoms with Crippen molar-refractivity contribution in [3.05, 3.63) is 22.1 Å². The van der Waals surface area contributed by atoms with Gasteiger partial charge in [0.2, 0.25) is 0 Å². The van der Waals surface area contributed by atoms with E-state index in [0.717, 1.165) is 12.8 Å². The number of nitrogens with zero attached hydrogens (tertiary/aromatic N) is 1. The summed E-state index contributed by atoms with van der Waals surface area (Å²) in [7, 11) is 0. The van der Waals surface area contributed by atoms with Crippen LogP contribution in [0.25, 0.3) is 0 Å². The van der Waals surface area contributed by atoms with Crippen LogP contribution < -0.4 is 5.56 Å². The fraction of sp³-hybridized carbons (Fsp3) is 0.500. The molecule has 1 aromatic heterocycles. The predicted molar refractivity (Wildman–Crippen MR) is 44.7 cm³/mol. The molecule has 13 heavy (non-hydrogen) atoms. The molecular formula is C8H10N2O3. The Morgan fingerprint density at radius 3 is 2.92 bits per heavy atom. The topological polar surface area (TPSA) is 75.1 Å². The lowest BCUT2D eigenvalue weighted by atomic mass is 10.2. The van der Waals surface area contributed by atoms with Crippen LogP contribution in [0.3, 0.4) is 0 Å². The molecule has 0 unspecified atom stereocenters. The van der Waals surface area contributed by atoms with Crippen LogP contribution in [0.2, 0.25) is 0 Å². The Morgan fingerprint density at radius 1 is 1.69 bits per heavy atom. The molecular weight excluding hydrogens is 172 g/mol. The lowest BCUT2D eigenvalue weighted by Gasteiger charge is -1.93. The van der Waals surface area contributed by atoms with Gasteiger partial charge in [-0.3, -0.25) is 9.59 Å². The molecule has 1 aliphatic carbocycles. The Kier molecular flexibility index (Phi) is 1.72. The summed E-state index contributed by atoms with van der Waals surface area (Å²) in [4.78, 5) is 21.8. The smallest absolute Gasteiger partial charge is 0.308 e. The normalized spacial score (nSPS) is 16.0. The number of nitrogens with one attached hydrogen (secondary N) is 1. The average molecular weight is 182 g/mol. The molecule has 0 amide bonds. The molecule has 5 nitrogen and oxygen atoms in total. The molecule has 0 atom stereocenters. The summed E-state index contributed by atoms with van der Waals surface area (Å²) in [5, 5.41) is 11.3. The van der Waals surface area contributed by atoms with Crippen LogP contribution >= 0.6 is 0 Å². The van der Waals surface area contributed by atoms with Crippen molar-refractivity contribution in [2.75, 3.05) is 0 Å². The number of carboxylic acid groups (broad SMARTS) is 1. The third kappa shape index (κ3) is 1.49. The number of carbonyl (C=O) groups is 1. The Balaban J connectivity index is 2.27. The van der Waals surface area contributed by atoms with E-state index in [2.05, 4.69) is 5.10 Å². The SMILES string of the molecule is O=C(O)Cc1c[nH]n(C2CC2)c1=O. The summed E-state index contributed by atoms with van der Waals surface area (Å²) < 4.78 is 1.51. The summed E-state index contributed by atoms with van der Waals surface area (Å²) >= 11 is 0. The van der Waals surface area contributed by atoms with E-state index in [9.17, 15) is 9.59 Å². The second-order valence-corrected chi connectivity index (χ2v) is 3.28. The van der Waals surface area contributed by atoms with Gasteiger partial charge in [-0.05, 0) is 12.8 Å². The Labute approximate surface area is 74.0 Å². The van der Waals surface area contributed by atoms with Crippen LogP contribution in [0.1, 0.15) is 24.4 Å². The van der Waals surface area contributed by atoms with E-state index in [1.165, 1.54) is 10.9 Å². The van der Waals surface area contributed by atoms with Gasteiger partial charge in [-0.1, -0.05) is 0 Å². The van der Waals surface area contributed by atoms with E-state index in [-0.39, 0.29) is 18.0 Å². The molecule has 70 valence electrons. The minimum atomic E-state index is -0.973. The van der Waals surface area contributed by atoms with Crippen LogP contribution in [-0.2, 0) is 11.2 Å². The van der Waals surface area contributed by atoms with Crippen LogP contribution in [-0.4, -0.2) is 20.9 Å². The Morgan fingerprint density at radius 2 is 2.38 bits per heavy atom. The number of aromatic amines is 1. The largest absolute Gasteiger partial charge is 0.481 e. The van der Waals surface area contributed by atoms with E-state index in [1.54, 1.807) is 0 Å². The zero-order valence-electron chi connectivity index (χ0n) is 6.99. The molecule has 1 saturated carbocycles. The number of H-pyrrole nitrogens is 1. The van der Waals surface area contributed by atoms with E-state index >= 15 is 0 Å². The number of rotatable bonds is 3. The van der Waals surface area contributed by atoms with Gasteiger partial charge < -0.3 is 10.2 Å². The van der Waals surface area contributed by atoms with Gasteiger partial charge in [0.25, 0.3) is 5.56 Å². The monoisotopic (exact) mass is 182 g/mol.